The van der Waals surface area contributed by atoms with Gasteiger partial charge in [-0.05, 0) is 31.9 Å². The molecular formula is C15H16N4O2. The summed E-state index contributed by atoms with van der Waals surface area (Å²) < 4.78 is 1.85. The van der Waals surface area contributed by atoms with Crippen LogP contribution in [0.4, 0.5) is 0 Å². The Bertz CT molecular complexity index is 745. The molecule has 0 atom stereocenters. The van der Waals surface area contributed by atoms with Gasteiger partial charge in [-0.15, -0.1) is 0 Å². The highest BCUT2D eigenvalue weighted by Crippen LogP contribution is 2.13. The van der Waals surface area contributed by atoms with Gasteiger partial charge >= 0.3 is 0 Å². The highest BCUT2D eigenvalue weighted by Gasteiger charge is 2.17. The van der Waals surface area contributed by atoms with Crippen LogP contribution in [0.2, 0.25) is 0 Å². The van der Waals surface area contributed by atoms with Crippen molar-refractivity contribution < 1.29 is 9.59 Å². The minimum Gasteiger partial charge on any atom is -0.304 e. The molecule has 1 saturated carbocycles. The molecule has 2 aromatic heterocycles. The molecule has 21 heavy (non-hydrogen) atoms. The van der Waals surface area contributed by atoms with Crippen molar-refractivity contribution in [3.8, 4) is 0 Å². The van der Waals surface area contributed by atoms with Crippen LogP contribution >= 0.6 is 0 Å². The van der Waals surface area contributed by atoms with Crippen LogP contribution in [-0.4, -0.2) is 26.8 Å². The first-order valence-corrected chi connectivity index (χ1v) is 6.96. The maximum atomic E-state index is 12.2. The van der Waals surface area contributed by atoms with Crippen molar-refractivity contribution in [2.24, 2.45) is 5.10 Å². The summed E-state index contributed by atoms with van der Waals surface area (Å²) in [6.07, 6.45) is 4.38. The van der Waals surface area contributed by atoms with E-state index in [1.807, 2.05) is 35.7 Å². The maximum Gasteiger partial charge on any atom is 0.291 e. The van der Waals surface area contributed by atoms with E-state index >= 15 is 0 Å². The molecule has 2 heterocycles. The lowest BCUT2D eigenvalue weighted by Gasteiger charge is -2.11. The van der Waals surface area contributed by atoms with Gasteiger partial charge in [0.25, 0.3) is 5.91 Å². The molecule has 2 aromatic rings. The summed E-state index contributed by atoms with van der Waals surface area (Å²) in [5, 5.41) is 4.07. The summed E-state index contributed by atoms with van der Waals surface area (Å²) in [5.41, 5.74) is 5.09. The minimum atomic E-state index is -0.346. The maximum absolute atomic E-state index is 12.2. The number of hydrogen-bond acceptors (Lipinski definition) is 4. The van der Waals surface area contributed by atoms with Crippen molar-refractivity contribution in [1.82, 2.24) is 14.8 Å². The average Bonchev–Trinajstić information content (AvgIpc) is 2.83. The van der Waals surface area contributed by atoms with E-state index in [9.17, 15) is 9.59 Å². The predicted molar refractivity (Wildman–Crippen MR) is 78.3 cm³/mol. The summed E-state index contributed by atoms with van der Waals surface area (Å²) in [6, 6.07) is 5.60. The number of amides is 1. The number of ketones is 1. The van der Waals surface area contributed by atoms with Crippen molar-refractivity contribution in [1.29, 1.82) is 0 Å². The Labute approximate surface area is 121 Å². The Hall–Kier alpha value is -2.50. The zero-order valence-corrected chi connectivity index (χ0v) is 11.8. The molecule has 6 heteroatoms. The molecule has 0 aliphatic heterocycles. The summed E-state index contributed by atoms with van der Waals surface area (Å²) in [4.78, 5) is 27.8. The molecule has 0 unspecified atom stereocenters. The van der Waals surface area contributed by atoms with Gasteiger partial charge in [0.2, 0.25) is 0 Å². The number of pyridine rings is 1. The van der Waals surface area contributed by atoms with Crippen molar-refractivity contribution >= 4 is 23.0 Å². The number of carbonyl (C=O) groups excluding carboxylic acids is 2. The number of hydrogen-bond donors (Lipinski definition) is 1. The molecule has 1 aliphatic rings. The number of hydrazone groups is 1. The van der Waals surface area contributed by atoms with Crippen LogP contribution in [0.1, 0.15) is 41.9 Å². The van der Waals surface area contributed by atoms with E-state index in [2.05, 4.69) is 15.5 Å². The van der Waals surface area contributed by atoms with Gasteiger partial charge in [-0.3, -0.25) is 9.59 Å². The Kier molecular flexibility index (Phi) is 3.51. The van der Waals surface area contributed by atoms with Crippen LogP contribution in [0, 0.1) is 6.92 Å². The van der Waals surface area contributed by atoms with E-state index in [1.54, 1.807) is 0 Å². The quantitative estimate of drug-likeness (QED) is 0.855. The second-order valence-corrected chi connectivity index (χ2v) is 5.16. The monoisotopic (exact) mass is 284 g/mol. The SMILES string of the molecule is Cc1c(C(=O)N/N=C2/CCCC(=O)C2)nc2ccccn12. The first kappa shape index (κ1) is 13.5. The third-order valence-corrected chi connectivity index (χ3v) is 3.62. The molecule has 3 rings (SSSR count). The van der Waals surface area contributed by atoms with E-state index in [1.165, 1.54) is 0 Å². The van der Waals surface area contributed by atoms with E-state index in [0.717, 1.165) is 29.9 Å². The van der Waals surface area contributed by atoms with E-state index in [0.29, 0.717) is 18.5 Å². The summed E-state index contributed by atoms with van der Waals surface area (Å²) in [7, 11) is 0. The van der Waals surface area contributed by atoms with E-state index in [4.69, 9.17) is 0 Å². The number of aromatic nitrogens is 2. The fraction of sp³-hybridized carbons (Fsp3) is 0.333. The lowest BCUT2D eigenvalue weighted by atomic mass is 9.97. The van der Waals surface area contributed by atoms with Crippen LogP contribution in [0.3, 0.4) is 0 Å². The fourth-order valence-corrected chi connectivity index (χ4v) is 2.51. The van der Waals surface area contributed by atoms with Gasteiger partial charge in [0.15, 0.2) is 5.69 Å². The van der Waals surface area contributed by atoms with Crippen LogP contribution in [0.5, 0.6) is 0 Å². The Morgan fingerprint density at radius 1 is 1.38 bits per heavy atom. The molecule has 0 saturated heterocycles. The van der Waals surface area contributed by atoms with Gasteiger partial charge in [0, 0.05) is 24.8 Å². The molecule has 1 fully saturated rings. The number of Topliss-reactive ketones (excluding diaryl/α,β-unsaturated/α-hetero) is 1. The average molecular weight is 284 g/mol. The lowest BCUT2D eigenvalue weighted by Crippen LogP contribution is -2.23. The van der Waals surface area contributed by atoms with Crippen LogP contribution in [0.15, 0.2) is 29.5 Å². The van der Waals surface area contributed by atoms with Crippen LogP contribution in [-0.2, 0) is 4.79 Å². The largest absolute Gasteiger partial charge is 0.304 e. The molecule has 0 aromatic carbocycles. The highest BCUT2D eigenvalue weighted by atomic mass is 16.2. The third-order valence-electron chi connectivity index (χ3n) is 3.62. The molecule has 0 radical (unpaired) electrons. The van der Waals surface area contributed by atoms with Crippen molar-refractivity contribution in [3.63, 3.8) is 0 Å². The van der Waals surface area contributed by atoms with E-state index < -0.39 is 0 Å². The molecule has 1 N–H and O–H groups in total. The first-order valence-electron chi connectivity index (χ1n) is 6.96. The molecule has 1 aliphatic carbocycles. The first-order chi connectivity index (χ1) is 10.1. The predicted octanol–water partition coefficient (Wildman–Crippen LogP) is 1.87. The smallest absolute Gasteiger partial charge is 0.291 e. The normalized spacial score (nSPS) is 17.4. The number of nitrogens with one attached hydrogen (secondary N) is 1. The summed E-state index contributed by atoms with van der Waals surface area (Å²) >= 11 is 0. The van der Waals surface area contributed by atoms with Crippen molar-refractivity contribution in [2.75, 3.05) is 0 Å². The molecule has 0 spiro atoms. The van der Waals surface area contributed by atoms with Gasteiger partial charge < -0.3 is 4.40 Å². The lowest BCUT2D eigenvalue weighted by molar-refractivity contribution is -0.118. The number of imidazole rings is 1. The van der Waals surface area contributed by atoms with Gasteiger partial charge in [-0.2, -0.15) is 5.10 Å². The van der Waals surface area contributed by atoms with Gasteiger partial charge in [0.05, 0.1) is 5.69 Å². The van der Waals surface area contributed by atoms with E-state index in [-0.39, 0.29) is 11.7 Å². The second-order valence-electron chi connectivity index (χ2n) is 5.16. The Balaban J connectivity index is 1.79. The number of aryl methyl sites for hydroxylation is 1. The minimum absolute atomic E-state index is 0.179. The molecular weight excluding hydrogens is 268 g/mol. The molecule has 1 amide bonds. The Morgan fingerprint density at radius 2 is 2.24 bits per heavy atom. The standard InChI is InChI=1S/C15H16N4O2/c1-10-14(16-13-7-2-3-8-19(10)13)15(21)18-17-11-5-4-6-12(20)9-11/h2-3,7-8H,4-6,9H2,1H3,(H,18,21)/b17-11-. The van der Waals surface area contributed by atoms with Crippen LogP contribution in [0.25, 0.3) is 5.65 Å². The number of fused-ring (bicyclic) bond motifs is 1. The number of carbonyl (C=O) groups is 2. The van der Waals surface area contributed by atoms with Crippen molar-refractivity contribution in [3.05, 3.63) is 35.8 Å². The molecule has 0 bridgehead atoms. The number of rotatable bonds is 2. The summed E-state index contributed by atoms with van der Waals surface area (Å²) in [5.74, 6) is -0.167. The topological polar surface area (TPSA) is 75.8 Å². The van der Waals surface area contributed by atoms with Crippen LogP contribution < -0.4 is 5.43 Å². The Morgan fingerprint density at radius 3 is 3.00 bits per heavy atom. The zero-order valence-electron chi connectivity index (χ0n) is 11.8. The fourth-order valence-electron chi connectivity index (χ4n) is 2.51. The summed E-state index contributed by atoms with van der Waals surface area (Å²) in [6.45, 7) is 1.84. The third kappa shape index (κ3) is 2.69. The highest BCUT2D eigenvalue weighted by molar-refractivity contribution is 6.04. The number of nitrogens with zero attached hydrogens (tertiary/aromatic N) is 3. The van der Waals surface area contributed by atoms with Crippen molar-refractivity contribution in [2.45, 2.75) is 32.6 Å². The van der Waals surface area contributed by atoms with Gasteiger partial charge in [-0.25, -0.2) is 10.4 Å². The molecule has 6 nitrogen and oxygen atoms in total. The second kappa shape index (κ2) is 5.47. The molecule has 108 valence electrons. The van der Waals surface area contributed by atoms with Gasteiger partial charge in [-0.1, -0.05) is 6.07 Å². The zero-order chi connectivity index (χ0) is 14.8. The van der Waals surface area contributed by atoms with Gasteiger partial charge in [0.1, 0.15) is 11.4 Å².